The van der Waals surface area contributed by atoms with E-state index in [9.17, 15) is 4.79 Å². The summed E-state index contributed by atoms with van der Waals surface area (Å²) in [6.07, 6.45) is 1.31. The maximum Gasteiger partial charge on any atom is 0.227 e. The summed E-state index contributed by atoms with van der Waals surface area (Å²) in [7, 11) is 0. The van der Waals surface area contributed by atoms with E-state index in [-0.39, 0.29) is 17.8 Å². The number of hydrogen-bond donors (Lipinski definition) is 0. The first-order valence-electron chi connectivity index (χ1n) is 7.37. The van der Waals surface area contributed by atoms with Crippen LogP contribution in [0.5, 0.6) is 11.5 Å². The SMILES string of the molecule is O=c1cc(COc2ccc(Cl)cc2)occ1OCc1ccccc1. The monoisotopic (exact) mass is 342 g/mol. The van der Waals surface area contributed by atoms with E-state index in [1.54, 1.807) is 24.3 Å². The smallest absolute Gasteiger partial charge is 0.227 e. The fourth-order valence-corrected chi connectivity index (χ4v) is 2.17. The summed E-state index contributed by atoms with van der Waals surface area (Å²) in [6, 6.07) is 17.9. The van der Waals surface area contributed by atoms with Crippen LogP contribution in [0.25, 0.3) is 0 Å². The summed E-state index contributed by atoms with van der Waals surface area (Å²) >= 11 is 5.81. The molecule has 4 nitrogen and oxygen atoms in total. The Hall–Kier alpha value is -2.72. The lowest BCUT2D eigenvalue weighted by Gasteiger charge is -2.07. The van der Waals surface area contributed by atoms with Gasteiger partial charge in [0, 0.05) is 11.1 Å². The summed E-state index contributed by atoms with van der Waals surface area (Å²) in [5.41, 5.74) is 0.735. The number of benzene rings is 2. The second-order valence-corrected chi connectivity index (χ2v) is 5.53. The van der Waals surface area contributed by atoms with Crippen LogP contribution in [-0.2, 0) is 13.2 Å². The van der Waals surface area contributed by atoms with Crippen molar-refractivity contribution in [2.24, 2.45) is 0 Å². The Bertz CT molecular complexity index is 841. The Balaban J connectivity index is 1.60. The van der Waals surface area contributed by atoms with Gasteiger partial charge in [0.15, 0.2) is 0 Å². The van der Waals surface area contributed by atoms with Gasteiger partial charge in [-0.3, -0.25) is 4.79 Å². The fourth-order valence-electron chi connectivity index (χ4n) is 2.04. The second kappa shape index (κ2) is 7.70. The van der Waals surface area contributed by atoms with Crippen LogP contribution in [0.2, 0.25) is 5.02 Å². The highest BCUT2D eigenvalue weighted by Crippen LogP contribution is 2.17. The van der Waals surface area contributed by atoms with Crippen molar-refractivity contribution in [3.8, 4) is 11.5 Å². The molecule has 0 atom stereocenters. The molecule has 0 bridgehead atoms. The minimum atomic E-state index is -0.244. The summed E-state index contributed by atoms with van der Waals surface area (Å²) in [5.74, 6) is 1.24. The lowest BCUT2D eigenvalue weighted by Crippen LogP contribution is -2.09. The third kappa shape index (κ3) is 4.40. The third-order valence-electron chi connectivity index (χ3n) is 3.28. The molecule has 122 valence electrons. The molecule has 1 aromatic heterocycles. The zero-order valence-corrected chi connectivity index (χ0v) is 13.5. The topological polar surface area (TPSA) is 48.7 Å². The van der Waals surface area contributed by atoms with Gasteiger partial charge < -0.3 is 13.9 Å². The van der Waals surface area contributed by atoms with E-state index < -0.39 is 0 Å². The van der Waals surface area contributed by atoms with Gasteiger partial charge in [-0.2, -0.15) is 0 Å². The van der Waals surface area contributed by atoms with Crippen molar-refractivity contribution in [3.05, 3.63) is 93.5 Å². The third-order valence-corrected chi connectivity index (χ3v) is 3.54. The van der Waals surface area contributed by atoms with Crippen molar-refractivity contribution < 1.29 is 13.9 Å². The largest absolute Gasteiger partial charge is 0.486 e. The zero-order valence-electron chi connectivity index (χ0n) is 12.8. The average Bonchev–Trinajstić information content (AvgIpc) is 2.61. The molecule has 0 aliphatic carbocycles. The maximum atomic E-state index is 12.1. The van der Waals surface area contributed by atoms with Gasteiger partial charge in [-0.05, 0) is 29.8 Å². The highest BCUT2D eigenvalue weighted by molar-refractivity contribution is 6.30. The number of hydrogen-bond acceptors (Lipinski definition) is 4. The first-order valence-corrected chi connectivity index (χ1v) is 7.75. The molecule has 2 aromatic carbocycles. The minimum absolute atomic E-state index is 0.149. The predicted octanol–water partition coefficient (Wildman–Crippen LogP) is 4.45. The molecule has 24 heavy (non-hydrogen) atoms. The van der Waals surface area contributed by atoms with Crippen LogP contribution in [0.4, 0.5) is 0 Å². The predicted molar refractivity (Wildman–Crippen MR) is 91.5 cm³/mol. The standard InChI is InChI=1S/C19H15ClO4/c20-15-6-8-16(9-7-15)22-12-17-10-18(21)19(13-23-17)24-11-14-4-2-1-3-5-14/h1-10,13H,11-12H2. The molecule has 0 saturated heterocycles. The van der Waals surface area contributed by atoms with Crippen molar-refractivity contribution in [1.82, 2.24) is 0 Å². The van der Waals surface area contributed by atoms with Crippen LogP contribution < -0.4 is 14.9 Å². The molecule has 0 saturated carbocycles. The minimum Gasteiger partial charge on any atom is -0.486 e. The molecule has 0 spiro atoms. The lowest BCUT2D eigenvalue weighted by molar-refractivity contribution is 0.254. The fraction of sp³-hybridized carbons (Fsp3) is 0.105. The van der Waals surface area contributed by atoms with Crippen LogP contribution >= 0.6 is 11.6 Å². The summed E-state index contributed by atoms with van der Waals surface area (Å²) < 4.78 is 16.4. The van der Waals surface area contributed by atoms with Crippen molar-refractivity contribution in [3.63, 3.8) is 0 Å². The van der Waals surface area contributed by atoms with E-state index in [4.69, 9.17) is 25.5 Å². The van der Waals surface area contributed by atoms with E-state index in [0.29, 0.717) is 23.1 Å². The van der Waals surface area contributed by atoms with Crippen LogP contribution in [-0.4, -0.2) is 0 Å². The molecule has 5 heteroatoms. The van der Waals surface area contributed by atoms with E-state index in [1.165, 1.54) is 12.3 Å². The van der Waals surface area contributed by atoms with Gasteiger partial charge in [0.1, 0.15) is 31.0 Å². The first kappa shape index (κ1) is 16.1. The molecule has 0 aliphatic rings. The van der Waals surface area contributed by atoms with Crippen molar-refractivity contribution in [2.75, 3.05) is 0 Å². The number of halogens is 1. The van der Waals surface area contributed by atoms with Gasteiger partial charge >= 0.3 is 0 Å². The maximum absolute atomic E-state index is 12.1. The summed E-state index contributed by atoms with van der Waals surface area (Å²) in [5, 5.41) is 0.633. The van der Waals surface area contributed by atoms with E-state index in [2.05, 4.69) is 0 Å². The molecular weight excluding hydrogens is 328 g/mol. The molecule has 0 N–H and O–H groups in total. The van der Waals surface area contributed by atoms with E-state index in [0.717, 1.165) is 5.56 Å². The summed E-state index contributed by atoms with van der Waals surface area (Å²) in [6.45, 7) is 0.460. The van der Waals surface area contributed by atoms with Crippen molar-refractivity contribution >= 4 is 11.6 Å². The van der Waals surface area contributed by atoms with Crippen molar-refractivity contribution in [1.29, 1.82) is 0 Å². The zero-order chi connectivity index (χ0) is 16.8. The molecule has 0 aliphatic heterocycles. The molecule has 1 heterocycles. The summed E-state index contributed by atoms with van der Waals surface area (Å²) in [4.78, 5) is 12.1. The van der Waals surface area contributed by atoms with Gasteiger partial charge in [-0.25, -0.2) is 0 Å². The van der Waals surface area contributed by atoms with Crippen LogP contribution in [0.15, 0.2) is 76.1 Å². The molecular formula is C19H15ClO4. The van der Waals surface area contributed by atoms with E-state index in [1.807, 2.05) is 30.3 Å². The molecule has 0 amide bonds. The Morgan fingerprint density at radius 1 is 0.917 bits per heavy atom. The van der Waals surface area contributed by atoms with Gasteiger partial charge in [-0.1, -0.05) is 41.9 Å². The molecule has 0 unspecified atom stereocenters. The Morgan fingerprint density at radius 2 is 1.67 bits per heavy atom. The van der Waals surface area contributed by atoms with Gasteiger partial charge in [0.05, 0.1) is 0 Å². The second-order valence-electron chi connectivity index (χ2n) is 5.09. The molecule has 0 radical (unpaired) electrons. The first-order chi connectivity index (χ1) is 11.7. The Kier molecular flexibility index (Phi) is 5.18. The van der Waals surface area contributed by atoms with Crippen LogP contribution in [0, 0.1) is 0 Å². The number of rotatable bonds is 6. The average molecular weight is 343 g/mol. The lowest BCUT2D eigenvalue weighted by atomic mass is 10.2. The molecule has 3 rings (SSSR count). The molecule has 3 aromatic rings. The molecule has 0 fully saturated rings. The number of ether oxygens (including phenoxy) is 2. The Morgan fingerprint density at radius 3 is 2.38 bits per heavy atom. The normalized spacial score (nSPS) is 10.4. The van der Waals surface area contributed by atoms with E-state index >= 15 is 0 Å². The van der Waals surface area contributed by atoms with Gasteiger partial charge in [-0.15, -0.1) is 0 Å². The highest BCUT2D eigenvalue weighted by atomic mass is 35.5. The highest BCUT2D eigenvalue weighted by Gasteiger charge is 2.06. The van der Waals surface area contributed by atoms with Crippen LogP contribution in [0.1, 0.15) is 11.3 Å². The van der Waals surface area contributed by atoms with Crippen molar-refractivity contribution in [2.45, 2.75) is 13.2 Å². The van der Waals surface area contributed by atoms with Gasteiger partial charge in [0.25, 0.3) is 0 Å². The van der Waals surface area contributed by atoms with Gasteiger partial charge in [0.2, 0.25) is 11.2 Å². The quantitative estimate of drug-likeness (QED) is 0.664. The van der Waals surface area contributed by atoms with Crippen LogP contribution in [0.3, 0.4) is 0 Å². The Labute approximate surface area is 144 Å².